The molecule has 1 rings (SSSR count). The molecule has 3 heteroatoms. The molecule has 0 spiro atoms. The predicted octanol–water partition coefficient (Wildman–Crippen LogP) is 4.25. The lowest BCUT2D eigenvalue weighted by atomic mass is 10.2. The molecule has 0 bridgehead atoms. The number of rotatable bonds is 3. The summed E-state index contributed by atoms with van der Waals surface area (Å²) in [5.74, 6) is 2.10. The summed E-state index contributed by atoms with van der Waals surface area (Å²) in [6.45, 7) is 2.14. The van der Waals surface area contributed by atoms with E-state index in [-0.39, 0.29) is 0 Å². The first-order chi connectivity index (χ1) is 5.72. The minimum Gasteiger partial charge on any atom is -0.157 e. The normalized spacial score (nSPS) is 10.2. The summed E-state index contributed by atoms with van der Waals surface area (Å²) in [5.41, 5.74) is 1.19. The van der Waals surface area contributed by atoms with E-state index in [0.717, 1.165) is 11.5 Å². The van der Waals surface area contributed by atoms with Gasteiger partial charge < -0.3 is 0 Å². The van der Waals surface area contributed by atoms with Crippen molar-refractivity contribution >= 4 is 35.0 Å². The monoisotopic (exact) mass is 220 g/mol. The third-order valence-corrected chi connectivity index (χ3v) is 2.78. The second-order valence-electron chi connectivity index (χ2n) is 2.41. The van der Waals surface area contributed by atoms with Gasteiger partial charge in [0.2, 0.25) is 0 Å². The number of hydrogen-bond donors (Lipinski definition) is 0. The third kappa shape index (κ3) is 3.26. The van der Waals surface area contributed by atoms with Crippen LogP contribution in [0.2, 0.25) is 10.0 Å². The molecule has 12 heavy (non-hydrogen) atoms. The van der Waals surface area contributed by atoms with Gasteiger partial charge >= 0.3 is 0 Å². The highest BCUT2D eigenvalue weighted by atomic mass is 35.5. The van der Waals surface area contributed by atoms with Crippen LogP contribution in [-0.4, -0.2) is 5.75 Å². The molecule has 1 aromatic carbocycles. The first-order valence-electron chi connectivity index (χ1n) is 3.75. The zero-order chi connectivity index (χ0) is 8.97. The molecule has 0 aliphatic carbocycles. The van der Waals surface area contributed by atoms with Gasteiger partial charge in [0.15, 0.2) is 0 Å². The summed E-state index contributed by atoms with van der Waals surface area (Å²) >= 11 is 13.5. The Morgan fingerprint density at radius 2 is 1.75 bits per heavy atom. The van der Waals surface area contributed by atoms with Crippen LogP contribution in [0.5, 0.6) is 0 Å². The van der Waals surface area contributed by atoms with E-state index in [2.05, 4.69) is 6.92 Å². The lowest BCUT2D eigenvalue weighted by Crippen LogP contribution is -1.81. The van der Waals surface area contributed by atoms with Crippen molar-refractivity contribution in [2.75, 3.05) is 5.75 Å². The Morgan fingerprint density at radius 3 is 2.25 bits per heavy atom. The average molecular weight is 221 g/mol. The van der Waals surface area contributed by atoms with Gasteiger partial charge in [-0.2, -0.15) is 11.8 Å². The summed E-state index contributed by atoms with van der Waals surface area (Å²) in [5, 5.41) is 1.43. The Balaban J connectivity index is 2.72. The quantitative estimate of drug-likeness (QED) is 0.735. The standard InChI is InChI=1S/C9H10Cl2S/c1-2-12-6-7-3-8(10)5-9(11)4-7/h3-5H,2,6H2,1H3. The van der Waals surface area contributed by atoms with Gasteiger partial charge in [0.25, 0.3) is 0 Å². The van der Waals surface area contributed by atoms with Crippen LogP contribution in [0, 0.1) is 0 Å². The van der Waals surface area contributed by atoms with E-state index in [1.807, 2.05) is 23.9 Å². The van der Waals surface area contributed by atoms with Gasteiger partial charge in [-0.3, -0.25) is 0 Å². The molecule has 1 aromatic rings. The van der Waals surface area contributed by atoms with Crippen molar-refractivity contribution in [3.05, 3.63) is 33.8 Å². The van der Waals surface area contributed by atoms with Crippen LogP contribution in [0.4, 0.5) is 0 Å². The zero-order valence-electron chi connectivity index (χ0n) is 6.81. The van der Waals surface area contributed by atoms with Crippen molar-refractivity contribution < 1.29 is 0 Å². The number of halogens is 2. The number of thioether (sulfide) groups is 1. The van der Waals surface area contributed by atoms with E-state index >= 15 is 0 Å². The van der Waals surface area contributed by atoms with Gasteiger partial charge in [-0.25, -0.2) is 0 Å². The number of benzene rings is 1. The fourth-order valence-electron chi connectivity index (χ4n) is 0.914. The summed E-state index contributed by atoms with van der Waals surface area (Å²) in [7, 11) is 0. The van der Waals surface area contributed by atoms with Gasteiger partial charge in [0.05, 0.1) is 0 Å². The van der Waals surface area contributed by atoms with Crippen LogP contribution in [0.25, 0.3) is 0 Å². The molecule has 0 atom stereocenters. The fourth-order valence-corrected chi connectivity index (χ4v) is 2.09. The van der Waals surface area contributed by atoms with Crippen molar-refractivity contribution in [3.8, 4) is 0 Å². The van der Waals surface area contributed by atoms with E-state index in [4.69, 9.17) is 23.2 Å². The van der Waals surface area contributed by atoms with Gasteiger partial charge in [-0.1, -0.05) is 30.1 Å². The van der Waals surface area contributed by atoms with Crippen LogP contribution in [0.1, 0.15) is 12.5 Å². The molecule has 0 N–H and O–H groups in total. The lowest BCUT2D eigenvalue weighted by molar-refractivity contribution is 1.39. The molecule has 66 valence electrons. The van der Waals surface area contributed by atoms with E-state index < -0.39 is 0 Å². The maximum Gasteiger partial charge on any atom is 0.0423 e. The molecule has 0 aliphatic heterocycles. The molecule has 0 heterocycles. The van der Waals surface area contributed by atoms with Gasteiger partial charge in [0, 0.05) is 15.8 Å². The fraction of sp³-hybridized carbons (Fsp3) is 0.333. The topological polar surface area (TPSA) is 0 Å². The van der Waals surface area contributed by atoms with Crippen molar-refractivity contribution in [3.63, 3.8) is 0 Å². The highest BCUT2D eigenvalue weighted by molar-refractivity contribution is 7.98. The molecular weight excluding hydrogens is 211 g/mol. The average Bonchev–Trinajstić information content (AvgIpc) is 1.99. The Hall–Kier alpha value is 0.150. The number of hydrogen-bond acceptors (Lipinski definition) is 1. The second-order valence-corrected chi connectivity index (χ2v) is 4.56. The highest BCUT2D eigenvalue weighted by Crippen LogP contribution is 2.21. The summed E-state index contributed by atoms with van der Waals surface area (Å²) in [4.78, 5) is 0. The minimum absolute atomic E-state index is 0.717. The Kier molecular flexibility index (Phi) is 4.27. The summed E-state index contributed by atoms with van der Waals surface area (Å²) < 4.78 is 0. The molecule has 0 nitrogen and oxygen atoms in total. The van der Waals surface area contributed by atoms with Gasteiger partial charge in [-0.05, 0) is 29.5 Å². The van der Waals surface area contributed by atoms with E-state index in [9.17, 15) is 0 Å². The largest absolute Gasteiger partial charge is 0.157 e. The molecular formula is C9H10Cl2S. The molecule has 0 unspecified atom stereocenters. The Bertz CT molecular complexity index is 240. The summed E-state index contributed by atoms with van der Waals surface area (Å²) in [6.07, 6.45) is 0. The molecule has 0 aliphatic rings. The van der Waals surface area contributed by atoms with E-state index in [0.29, 0.717) is 10.0 Å². The minimum atomic E-state index is 0.717. The van der Waals surface area contributed by atoms with Crippen molar-refractivity contribution in [2.45, 2.75) is 12.7 Å². The smallest absolute Gasteiger partial charge is 0.0423 e. The van der Waals surface area contributed by atoms with Crippen LogP contribution >= 0.6 is 35.0 Å². The molecule has 0 fully saturated rings. The van der Waals surface area contributed by atoms with E-state index in [1.165, 1.54) is 5.56 Å². The first-order valence-corrected chi connectivity index (χ1v) is 5.66. The zero-order valence-corrected chi connectivity index (χ0v) is 9.14. The maximum atomic E-state index is 5.84. The molecule has 0 aromatic heterocycles. The molecule has 0 saturated heterocycles. The Labute approximate surface area is 87.3 Å². The highest BCUT2D eigenvalue weighted by Gasteiger charge is 1.97. The summed E-state index contributed by atoms with van der Waals surface area (Å²) in [6, 6.07) is 5.66. The van der Waals surface area contributed by atoms with Crippen molar-refractivity contribution in [2.24, 2.45) is 0 Å². The maximum absolute atomic E-state index is 5.84. The van der Waals surface area contributed by atoms with Crippen LogP contribution in [-0.2, 0) is 5.75 Å². The molecule has 0 saturated carbocycles. The van der Waals surface area contributed by atoms with E-state index in [1.54, 1.807) is 6.07 Å². The third-order valence-electron chi connectivity index (χ3n) is 1.40. The SMILES string of the molecule is CCSCc1cc(Cl)cc(Cl)c1. The van der Waals surface area contributed by atoms with Gasteiger partial charge in [0.1, 0.15) is 0 Å². The van der Waals surface area contributed by atoms with Gasteiger partial charge in [-0.15, -0.1) is 0 Å². The Morgan fingerprint density at radius 1 is 1.17 bits per heavy atom. The van der Waals surface area contributed by atoms with Crippen LogP contribution < -0.4 is 0 Å². The second kappa shape index (κ2) is 5.00. The van der Waals surface area contributed by atoms with Crippen LogP contribution in [0.15, 0.2) is 18.2 Å². The molecule has 0 radical (unpaired) electrons. The lowest BCUT2D eigenvalue weighted by Gasteiger charge is -2.01. The first kappa shape index (κ1) is 10.2. The molecule has 0 amide bonds. The van der Waals surface area contributed by atoms with Crippen molar-refractivity contribution in [1.29, 1.82) is 0 Å². The predicted molar refractivity (Wildman–Crippen MR) is 58.3 cm³/mol. The van der Waals surface area contributed by atoms with Crippen LogP contribution in [0.3, 0.4) is 0 Å². The van der Waals surface area contributed by atoms with Crippen molar-refractivity contribution in [1.82, 2.24) is 0 Å².